The molecule has 0 aliphatic heterocycles. The van der Waals surface area contributed by atoms with E-state index in [2.05, 4.69) is 15.6 Å². The van der Waals surface area contributed by atoms with Gasteiger partial charge in [-0.25, -0.2) is 8.42 Å². The lowest BCUT2D eigenvalue weighted by Crippen LogP contribution is -2.35. The second-order valence-corrected chi connectivity index (χ2v) is 8.25. The molecule has 0 fully saturated rings. The molecule has 120 valence electrons. The number of nitrogens with two attached hydrogens (primary N) is 1. The van der Waals surface area contributed by atoms with Crippen molar-refractivity contribution in [1.82, 2.24) is 20.3 Å². The van der Waals surface area contributed by atoms with Crippen LogP contribution in [0.4, 0.5) is 0 Å². The minimum atomic E-state index is -3.31. The van der Waals surface area contributed by atoms with Crippen molar-refractivity contribution in [3.8, 4) is 0 Å². The quantitative estimate of drug-likeness (QED) is 0.664. The summed E-state index contributed by atoms with van der Waals surface area (Å²) in [6, 6.07) is 0. The number of sulfone groups is 1. The van der Waals surface area contributed by atoms with Crippen molar-refractivity contribution in [2.75, 3.05) is 11.5 Å². The first-order chi connectivity index (χ1) is 9.57. The van der Waals surface area contributed by atoms with Crippen LogP contribution < -0.4 is 11.1 Å². The molecule has 1 rings (SSSR count). The Hall–Kier alpha value is -1.48. The lowest BCUT2D eigenvalue weighted by Gasteiger charge is -2.19. The van der Waals surface area contributed by atoms with Crippen LogP contribution in [0.2, 0.25) is 0 Å². The Bertz CT molecular complexity index is 574. The summed E-state index contributed by atoms with van der Waals surface area (Å²) in [5, 5.41) is 11.1. The van der Waals surface area contributed by atoms with Crippen LogP contribution in [0.25, 0.3) is 0 Å². The SMILES string of the molecule is CC(C)(C)NCc1cn(CCS(=O)(=O)CCC(N)=O)nn1. The maximum absolute atomic E-state index is 11.7. The van der Waals surface area contributed by atoms with Crippen molar-refractivity contribution < 1.29 is 13.2 Å². The summed E-state index contributed by atoms with van der Waals surface area (Å²) in [4.78, 5) is 10.6. The molecule has 0 atom stereocenters. The van der Waals surface area contributed by atoms with Gasteiger partial charge in [0.25, 0.3) is 0 Å². The Morgan fingerprint density at radius 2 is 2.05 bits per heavy atom. The minimum Gasteiger partial charge on any atom is -0.370 e. The van der Waals surface area contributed by atoms with Crippen molar-refractivity contribution in [2.24, 2.45) is 5.73 Å². The third-order valence-electron chi connectivity index (χ3n) is 2.68. The standard InChI is InChI=1S/C12H23N5O3S/c1-12(2,3)14-8-10-9-17(16-15-10)5-7-21(19,20)6-4-11(13)18/h9,14H,4-8H2,1-3H3,(H2,13,18). The third-order valence-corrected chi connectivity index (χ3v) is 4.31. The molecule has 9 heteroatoms. The average molecular weight is 317 g/mol. The molecule has 0 aliphatic rings. The molecule has 8 nitrogen and oxygen atoms in total. The normalized spacial score (nSPS) is 12.5. The number of rotatable bonds is 8. The van der Waals surface area contributed by atoms with Crippen molar-refractivity contribution in [2.45, 2.75) is 45.8 Å². The van der Waals surface area contributed by atoms with Crippen molar-refractivity contribution in [1.29, 1.82) is 0 Å². The number of aromatic nitrogens is 3. The van der Waals surface area contributed by atoms with Gasteiger partial charge < -0.3 is 11.1 Å². The van der Waals surface area contributed by atoms with E-state index >= 15 is 0 Å². The molecule has 0 bridgehead atoms. The molecule has 0 saturated carbocycles. The molecule has 1 aromatic heterocycles. The molecule has 0 unspecified atom stereocenters. The summed E-state index contributed by atoms with van der Waals surface area (Å²) >= 11 is 0. The zero-order chi connectivity index (χ0) is 16.1. The van der Waals surface area contributed by atoms with Gasteiger partial charge in [0.05, 0.1) is 23.7 Å². The van der Waals surface area contributed by atoms with E-state index in [4.69, 9.17) is 5.73 Å². The van der Waals surface area contributed by atoms with Crippen LogP contribution in [0.15, 0.2) is 6.20 Å². The molecule has 0 radical (unpaired) electrons. The lowest BCUT2D eigenvalue weighted by molar-refractivity contribution is -0.117. The van der Waals surface area contributed by atoms with Gasteiger partial charge in [-0.2, -0.15) is 0 Å². The summed E-state index contributed by atoms with van der Waals surface area (Å²) in [7, 11) is -3.31. The Morgan fingerprint density at radius 1 is 1.38 bits per heavy atom. The molecular weight excluding hydrogens is 294 g/mol. The maximum atomic E-state index is 11.7. The number of primary amides is 1. The Labute approximate surface area is 125 Å². The third kappa shape index (κ3) is 7.76. The van der Waals surface area contributed by atoms with Crippen LogP contribution in [0.5, 0.6) is 0 Å². The highest BCUT2D eigenvalue weighted by Crippen LogP contribution is 2.02. The van der Waals surface area contributed by atoms with Gasteiger partial charge in [0.2, 0.25) is 5.91 Å². The Morgan fingerprint density at radius 3 is 2.62 bits per heavy atom. The highest BCUT2D eigenvalue weighted by atomic mass is 32.2. The second kappa shape index (κ2) is 6.99. The van der Waals surface area contributed by atoms with E-state index in [0.717, 1.165) is 5.69 Å². The van der Waals surface area contributed by atoms with Crippen LogP contribution in [0, 0.1) is 0 Å². The van der Waals surface area contributed by atoms with Crippen molar-refractivity contribution in [3.05, 3.63) is 11.9 Å². The van der Waals surface area contributed by atoms with E-state index < -0.39 is 15.7 Å². The summed E-state index contributed by atoms with van der Waals surface area (Å²) in [6.45, 7) is 6.91. The number of nitrogens with zero attached hydrogens (tertiary/aromatic N) is 3. The number of carbonyl (C=O) groups excluding carboxylic acids is 1. The highest BCUT2D eigenvalue weighted by molar-refractivity contribution is 7.91. The van der Waals surface area contributed by atoms with E-state index in [-0.39, 0.29) is 30.0 Å². The first-order valence-corrected chi connectivity index (χ1v) is 8.52. The molecule has 21 heavy (non-hydrogen) atoms. The van der Waals surface area contributed by atoms with Gasteiger partial charge in [0.1, 0.15) is 0 Å². The van der Waals surface area contributed by atoms with Crippen LogP contribution in [0.1, 0.15) is 32.9 Å². The van der Waals surface area contributed by atoms with Crippen LogP contribution >= 0.6 is 0 Å². The Kier molecular flexibility index (Phi) is 5.85. The molecule has 0 aliphatic carbocycles. The molecule has 0 spiro atoms. The summed E-state index contributed by atoms with van der Waals surface area (Å²) in [6.07, 6.45) is 1.56. The van der Waals surface area contributed by atoms with Gasteiger partial charge in [-0.05, 0) is 20.8 Å². The first-order valence-electron chi connectivity index (χ1n) is 6.70. The van der Waals surface area contributed by atoms with Crippen molar-refractivity contribution >= 4 is 15.7 Å². The predicted molar refractivity (Wildman–Crippen MR) is 79.1 cm³/mol. The topological polar surface area (TPSA) is 120 Å². The summed E-state index contributed by atoms with van der Waals surface area (Å²) < 4.78 is 24.9. The van der Waals surface area contributed by atoms with Crippen LogP contribution in [-0.2, 0) is 27.7 Å². The van der Waals surface area contributed by atoms with Crippen LogP contribution in [-0.4, -0.2) is 46.4 Å². The molecular formula is C12H23N5O3S. The molecule has 1 aromatic rings. The summed E-state index contributed by atoms with van der Waals surface area (Å²) in [5.74, 6) is -0.930. The van der Waals surface area contributed by atoms with E-state index in [1.165, 1.54) is 4.68 Å². The van der Waals surface area contributed by atoms with Gasteiger partial charge in [-0.3, -0.25) is 9.48 Å². The number of carbonyl (C=O) groups is 1. The van der Waals surface area contributed by atoms with Gasteiger partial charge in [-0.1, -0.05) is 5.21 Å². The van der Waals surface area contributed by atoms with Gasteiger partial charge in [0.15, 0.2) is 9.84 Å². The highest BCUT2D eigenvalue weighted by Gasteiger charge is 2.14. The minimum absolute atomic E-state index is 0.0259. The molecule has 1 amide bonds. The van der Waals surface area contributed by atoms with E-state index in [0.29, 0.717) is 6.54 Å². The molecule has 1 heterocycles. The number of amides is 1. The first kappa shape index (κ1) is 17.6. The van der Waals surface area contributed by atoms with Gasteiger partial charge >= 0.3 is 0 Å². The van der Waals surface area contributed by atoms with Gasteiger partial charge in [-0.15, -0.1) is 5.10 Å². The average Bonchev–Trinajstić information content (AvgIpc) is 2.79. The zero-order valence-corrected chi connectivity index (χ0v) is 13.5. The number of aryl methyl sites for hydroxylation is 1. The van der Waals surface area contributed by atoms with Crippen molar-refractivity contribution in [3.63, 3.8) is 0 Å². The van der Waals surface area contributed by atoms with E-state index in [1.807, 2.05) is 20.8 Å². The second-order valence-electron chi connectivity index (χ2n) is 5.94. The fourth-order valence-corrected chi connectivity index (χ4v) is 2.66. The molecule has 3 N–H and O–H groups in total. The van der Waals surface area contributed by atoms with Gasteiger partial charge in [0, 0.05) is 24.7 Å². The summed E-state index contributed by atoms with van der Waals surface area (Å²) in [5.41, 5.74) is 5.66. The van der Waals surface area contributed by atoms with E-state index in [1.54, 1.807) is 6.20 Å². The fraction of sp³-hybridized carbons (Fsp3) is 0.750. The number of hydrogen-bond acceptors (Lipinski definition) is 6. The van der Waals surface area contributed by atoms with E-state index in [9.17, 15) is 13.2 Å². The monoisotopic (exact) mass is 317 g/mol. The Balaban J connectivity index is 2.46. The number of nitrogens with one attached hydrogen (secondary N) is 1. The smallest absolute Gasteiger partial charge is 0.218 e. The predicted octanol–water partition coefficient (Wildman–Crippen LogP) is -0.544. The number of hydrogen-bond donors (Lipinski definition) is 2. The molecule has 0 saturated heterocycles. The zero-order valence-electron chi connectivity index (χ0n) is 12.7. The molecule has 0 aromatic carbocycles. The largest absolute Gasteiger partial charge is 0.370 e. The fourth-order valence-electron chi connectivity index (χ4n) is 1.48. The maximum Gasteiger partial charge on any atom is 0.218 e. The lowest BCUT2D eigenvalue weighted by atomic mass is 10.1. The van der Waals surface area contributed by atoms with Crippen LogP contribution in [0.3, 0.4) is 0 Å².